The van der Waals surface area contributed by atoms with E-state index in [0.717, 1.165) is 48.5 Å². The zero-order valence-corrected chi connectivity index (χ0v) is 38.2. The lowest BCUT2D eigenvalue weighted by molar-refractivity contribution is 0.468. The van der Waals surface area contributed by atoms with Gasteiger partial charge in [-0.2, -0.15) is 33.7 Å². The standard InChI is InChI=1S/C44H24F8N4O12S4/c45-17-1-13-29(69(57,58)59)41(49)33(17)37-21-5-7-23(53-21)38(34-18(46)2-14-30(42(34)50)70(60,61)62)25-9-11-27(55-25)40(36-20(48)4-16-32(44(36)52)72(66,67)68)28-12-10-26(56-28)39(24-8-6-22(37)54-24)35-19(47)3-15-31(43(35)51)71(63,64)65/h1-16,53-56H,(H,57,58,59)(H,60,61,62)(H,63,64,65)(H,66,67,68). The SMILES string of the molecule is O=S(=O)(O)c1ccc(F)c(C2=c3ccc([nH]3)=C(c3c(F)ccc(S(=O)(=O)O)c3F)c3ccc([nH]3)C(c3c(F)ccc(S(=O)(=O)O)c3F)=c3ccc([nH]3)=C(c3c(F)ccc(S(=O)(=O)O)c3F)c3ccc2[nH]3)c1F. The van der Waals surface area contributed by atoms with Crippen LogP contribution in [0.25, 0.3) is 22.3 Å². The predicted octanol–water partition coefficient (Wildman–Crippen LogP) is 4.40. The summed E-state index contributed by atoms with van der Waals surface area (Å²) in [5.41, 5.74) is -10.3. The molecule has 0 fully saturated rings. The van der Waals surface area contributed by atoms with Crippen LogP contribution >= 0.6 is 0 Å². The van der Waals surface area contributed by atoms with E-state index in [1.54, 1.807) is 0 Å². The maximum atomic E-state index is 16.5. The van der Waals surface area contributed by atoms with E-state index < -0.39 is 195 Å². The Morgan fingerprint density at radius 2 is 0.472 bits per heavy atom. The van der Waals surface area contributed by atoms with Gasteiger partial charge in [0.25, 0.3) is 40.5 Å². The summed E-state index contributed by atoms with van der Waals surface area (Å²) in [6.07, 6.45) is 0. The van der Waals surface area contributed by atoms with Gasteiger partial charge in [-0.15, -0.1) is 0 Å². The molecule has 28 heteroatoms. The average Bonchev–Trinajstić information content (AvgIpc) is 4.11. The molecule has 4 aromatic carbocycles. The number of benzene rings is 4. The second kappa shape index (κ2) is 17.1. The van der Waals surface area contributed by atoms with Crippen molar-refractivity contribution in [2.75, 3.05) is 0 Å². The number of halogens is 8. The third kappa shape index (κ3) is 8.34. The Morgan fingerprint density at radius 1 is 0.278 bits per heavy atom. The number of hydrogen-bond acceptors (Lipinski definition) is 8. The van der Waals surface area contributed by atoms with E-state index in [0.29, 0.717) is 48.5 Å². The molecule has 0 unspecified atom stereocenters. The van der Waals surface area contributed by atoms with Gasteiger partial charge in [-0.25, -0.2) is 35.1 Å². The zero-order chi connectivity index (χ0) is 52.3. The molecule has 1 aliphatic rings. The van der Waals surface area contributed by atoms with Gasteiger partial charge in [0, 0.05) is 66.5 Å². The molecule has 9 rings (SSSR count). The second-order valence-corrected chi connectivity index (χ2v) is 21.0. The first-order chi connectivity index (χ1) is 33.6. The molecule has 8 aromatic rings. The lowest BCUT2D eigenvalue weighted by Crippen LogP contribution is -2.21. The van der Waals surface area contributed by atoms with Crippen molar-refractivity contribution in [3.8, 4) is 0 Å². The third-order valence-corrected chi connectivity index (χ3v) is 14.7. The van der Waals surface area contributed by atoms with Gasteiger partial charge in [-0.3, -0.25) is 18.2 Å². The molecular weight excluding hydrogens is 1060 g/mol. The fourth-order valence-corrected chi connectivity index (χ4v) is 10.5. The Labute approximate surface area is 397 Å². The summed E-state index contributed by atoms with van der Waals surface area (Å²) >= 11 is 0. The normalized spacial score (nSPS) is 13.6. The first-order valence-electron chi connectivity index (χ1n) is 19.7. The van der Waals surface area contributed by atoms with Gasteiger partial charge in [-0.05, 0) is 97.1 Å². The highest BCUT2D eigenvalue weighted by molar-refractivity contribution is 7.86. The fourth-order valence-electron chi connectivity index (χ4n) is 8.25. The van der Waals surface area contributed by atoms with Crippen molar-refractivity contribution in [2.45, 2.75) is 19.6 Å². The number of aromatic amines is 4. The second-order valence-electron chi connectivity index (χ2n) is 15.5. The minimum atomic E-state index is -5.50. The van der Waals surface area contributed by atoms with Crippen molar-refractivity contribution < 1.29 is 87.0 Å². The maximum absolute atomic E-state index is 16.5. The van der Waals surface area contributed by atoms with E-state index in [-0.39, 0.29) is 0 Å². The van der Waals surface area contributed by atoms with Gasteiger partial charge in [0.05, 0.1) is 22.3 Å². The van der Waals surface area contributed by atoms with E-state index in [4.69, 9.17) is 0 Å². The smallest absolute Gasteiger partial charge is 0.297 e. The predicted molar refractivity (Wildman–Crippen MR) is 233 cm³/mol. The quantitative estimate of drug-likeness (QED) is 0.0777. The monoisotopic (exact) mass is 1080 g/mol. The highest BCUT2D eigenvalue weighted by Crippen LogP contribution is 2.36. The fraction of sp³-hybridized carbons (Fsp3) is 0. The lowest BCUT2D eigenvalue weighted by atomic mass is 10.0. The van der Waals surface area contributed by atoms with Crippen molar-refractivity contribution in [3.63, 3.8) is 0 Å². The maximum Gasteiger partial charge on any atom is 0.297 e. The van der Waals surface area contributed by atoms with Crippen LogP contribution in [0.3, 0.4) is 0 Å². The molecule has 372 valence electrons. The summed E-state index contributed by atoms with van der Waals surface area (Å²) in [5.74, 6) is -14.0. The lowest BCUT2D eigenvalue weighted by Gasteiger charge is -2.14. The summed E-state index contributed by atoms with van der Waals surface area (Å²) in [7, 11) is -22.0. The van der Waals surface area contributed by atoms with Crippen LogP contribution in [-0.2, 0) is 40.5 Å². The van der Waals surface area contributed by atoms with Crippen molar-refractivity contribution in [3.05, 3.63) is 210 Å². The molecule has 0 saturated heterocycles. The summed E-state index contributed by atoms with van der Waals surface area (Å²) in [6.45, 7) is 0. The minimum Gasteiger partial charge on any atom is -0.354 e. The summed E-state index contributed by atoms with van der Waals surface area (Å²) < 4.78 is 269. The van der Waals surface area contributed by atoms with E-state index in [2.05, 4.69) is 19.9 Å². The van der Waals surface area contributed by atoms with Gasteiger partial charge in [0.2, 0.25) is 0 Å². The number of rotatable bonds is 8. The van der Waals surface area contributed by atoms with Crippen molar-refractivity contribution in [1.82, 2.24) is 19.9 Å². The highest BCUT2D eigenvalue weighted by Gasteiger charge is 2.32. The topological polar surface area (TPSA) is 281 Å². The molecule has 8 N–H and O–H groups in total. The van der Waals surface area contributed by atoms with E-state index >= 15 is 35.1 Å². The van der Waals surface area contributed by atoms with Crippen LogP contribution in [0, 0.1) is 46.5 Å². The van der Waals surface area contributed by atoms with Crippen LogP contribution in [0.15, 0.2) is 117 Å². The van der Waals surface area contributed by atoms with Crippen molar-refractivity contribution in [1.29, 1.82) is 0 Å². The minimum absolute atomic E-state index is 0.354. The number of aromatic nitrogens is 4. The van der Waals surface area contributed by atoms with Gasteiger partial charge in [0.15, 0.2) is 23.3 Å². The molecule has 1 aliphatic heterocycles. The highest BCUT2D eigenvalue weighted by atomic mass is 32.2. The van der Waals surface area contributed by atoms with Crippen LogP contribution in [0.2, 0.25) is 0 Å². The Morgan fingerprint density at radius 3 is 0.653 bits per heavy atom. The summed E-state index contributed by atoms with van der Waals surface area (Å²) in [5, 5.41) is -2.17. The molecule has 5 heterocycles. The molecule has 0 aliphatic carbocycles. The van der Waals surface area contributed by atoms with Crippen LogP contribution in [-0.4, -0.2) is 71.8 Å². The Kier molecular flexibility index (Phi) is 11.8. The number of nitrogens with one attached hydrogen (secondary N) is 4. The van der Waals surface area contributed by atoms with Gasteiger partial charge >= 0.3 is 0 Å². The molecule has 0 spiro atoms. The molecule has 0 radical (unpaired) electrons. The molecule has 8 bridgehead atoms. The molecule has 0 amide bonds. The van der Waals surface area contributed by atoms with Gasteiger partial charge in [-0.1, -0.05) is 0 Å². The molecule has 0 saturated carbocycles. The molecule has 72 heavy (non-hydrogen) atoms. The molecular formula is C44H24F8N4O12S4. The number of H-pyrrole nitrogens is 4. The summed E-state index contributed by atoms with van der Waals surface area (Å²) in [4.78, 5) is 4.57. The number of fused-ring (bicyclic) bond motifs is 8. The van der Waals surface area contributed by atoms with Gasteiger partial charge in [0.1, 0.15) is 42.9 Å². The van der Waals surface area contributed by atoms with Crippen LogP contribution in [0.4, 0.5) is 35.1 Å². The Balaban J connectivity index is 1.55. The van der Waals surface area contributed by atoms with Crippen LogP contribution in [0.1, 0.15) is 45.0 Å². The Bertz CT molecular complexity index is 3900. The van der Waals surface area contributed by atoms with E-state index in [9.17, 15) is 51.9 Å². The largest absolute Gasteiger partial charge is 0.354 e. The Hall–Kier alpha value is -7.44. The third-order valence-electron chi connectivity index (χ3n) is 11.2. The van der Waals surface area contributed by atoms with Gasteiger partial charge < -0.3 is 19.9 Å². The number of hydrogen-bond donors (Lipinski definition) is 8. The molecule has 4 aromatic heterocycles. The first kappa shape index (κ1) is 49.5. The first-order valence-corrected chi connectivity index (χ1v) is 25.4. The van der Waals surface area contributed by atoms with Crippen molar-refractivity contribution in [2.24, 2.45) is 0 Å². The van der Waals surface area contributed by atoms with E-state index in [1.165, 1.54) is 0 Å². The zero-order valence-electron chi connectivity index (χ0n) is 34.9. The molecule has 0 atom stereocenters. The van der Waals surface area contributed by atoms with Crippen LogP contribution in [0.5, 0.6) is 0 Å². The van der Waals surface area contributed by atoms with E-state index in [1.807, 2.05) is 0 Å². The average molecular weight is 1080 g/mol. The van der Waals surface area contributed by atoms with Crippen molar-refractivity contribution >= 4 is 62.8 Å². The van der Waals surface area contributed by atoms with Crippen LogP contribution < -0.4 is 21.4 Å². The molecule has 16 nitrogen and oxygen atoms in total. The summed E-state index contributed by atoms with van der Waals surface area (Å²) in [6, 6.07) is 10.8.